The molecule has 134 valence electrons. The molecule has 3 N–H and O–H groups in total. The van der Waals surface area contributed by atoms with Crippen LogP contribution >= 0.6 is 7.14 Å². The summed E-state index contributed by atoms with van der Waals surface area (Å²) in [6.07, 6.45) is 1.21. The molecule has 0 unspecified atom stereocenters. The molecule has 0 aliphatic carbocycles. The molecule has 24 heavy (non-hydrogen) atoms. The topological polar surface area (TPSA) is 118 Å². The van der Waals surface area contributed by atoms with Gasteiger partial charge in [0.1, 0.15) is 31.3 Å². The van der Waals surface area contributed by atoms with Crippen LogP contribution in [-0.2, 0) is 14.0 Å². The van der Waals surface area contributed by atoms with Crippen molar-refractivity contribution in [3.8, 4) is 0 Å². The summed E-state index contributed by atoms with van der Waals surface area (Å²) in [5.41, 5.74) is 0.479. The normalized spacial score (nSPS) is 30.0. The zero-order valence-electron chi connectivity index (χ0n) is 13.7. The van der Waals surface area contributed by atoms with Crippen LogP contribution in [-0.4, -0.2) is 71.1 Å². The highest BCUT2D eigenvalue weighted by Gasteiger charge is 2.37. The van der Waals surface area contributed by atoms with Gasteiger partial charge in [-0.1, -0.05) is 0 Å². The number of aliphatic hydroxyl groups excluding tert-OH is 2. The van der Waals surface area contributed by atoms with Gasteiger partial charge in [-0.2, -0.15) is 0 Å². The zero-order chi connectivity index (χ0) is 17.3. The predicted molar refractivity (Wildman–Crippen MR) is 88.1 cm³/mol. The van der Waals surface area contributed by atoms with E-state index in [1.165, 1.54) is 6.34 Å². The molecule has 3 heterocycles. The Hall–Kier alpha value is -1.25. The van der Waals surface area contributed by atoms with E-state index in [2.05, 4.69) is 15.3 Å². The van der Waals surface area contributed by atoms with Gasteiger partial charge in [0.05, 0.1) is 31.7 Å². The maximum absolute atomic E-state index is 11.7. The number of ether oxygens (including phenoxy) is 2. The quantitative estimate of drug-likeness (QED) is 0.653. The summed E-state index contributed by atoms with van der Waals surface area (Å²) in [6, 6.07) is 0. The third-order valence-corrected chi connectivity index (χ3v) is 4.70. The van der Waals surface area contributed by atoms with Gasteiger partial charge in [0.25, 0.3) is 0 Å². The summed E-state index contributed by atoms with van der Waals surface area (Å²) in [6.45, 7) is 3.82. The van der Waals surface area contributed by atoms with Crippen molar-refractivity contribution in [2.45, 2.75) is 31.0 Å². The number of aliphatic hydroxyl groups is 2. The lowest BCUT2D eigenvalue weighted by atomic mass is 10.2. The smallest absolute Gasteiger partial charge is 0.162 e. The molecule has 0 radical (unpaired) electrons. The third kappa shape index (κ3) is 3.87. The van der Waals surface area contributed by atoms with Crippen molar-refractivity contribution in [1.29, 1.82) is 0 Å². The fourth-order valence-electron chi connectivity index (χ4n) is 2.74. The first kappa shape index (κ1) is 17.6. The fourth-order valence-corrected chi connectivity index (χ4v) is 3.29. The molecule has 0 spiro atoms. The van der Waals surface area contributed by atoms with Gasteiger partial charge in [0, 0.05) is 13.0 Å². The van der Waals surface area contributed by atoms with Crippen LogP contribution in [0.25, 0.3) is 0 Å². The largest absolute Gasteiger partial charge is 0.390 e. The standard InChI is InChI=1S/C14H23N4O5P/c1-24(2,21)8-22-5-11-9(19)3-12(23-11)18-7-17-13-10(20)4-15-6-16-14(13)18/h6-7,9-12,19-20H,3-5,8H2,1-2H3,(H,15,16)/t9-,10+,11+,12+/m0/s1. The molecule has 2 aliphatic rings. The molecule has 1 aromatic heterocycles. The molecule has 4 atom stereocenters. The Bertz CT molecular complexity index is 658. The number of hydrogen-bond donors (Lipinski definition) is 3. The zero-order valence-corrected chi connectivity index (χ0v) is 14.6. The summed E-state index contributed by atoms with van der Waals surface area (Å²) in [4.78, 5) is 8.48. The second-order valence-corrected chi connectivity index (χ2v) is 9.96. The average molecular weight is 358 g/mol. The SMILES string of the molecule is CP(C)(=O)COC[C@H]1O[C@@H](n2cnc3c2N=CNC[C@H]3O)C[C@@H]1O. The molecule has 2 aliphatic heterocycles. The van der Waals surface area contributed by atoms with Crippen molar-refractivity contribution in [3.05, 3.63) is 12.0 Å². The van der Waals surface area contributed by atoms with E-state index in [-0.39, 0.29) is 13.0 Å². The molecule has 1 saturated heterocycles. The highest BCUT2D eigenvalue weighted by atomic mass is 31.2. The number of hydrogen-bond acceptors (Lipinski definition) is 8. The lowest BCUT2D eigenvalue weighted by Gasteiger charge is -2.17. The van der Waals surface area contributed by atoms with Crippen molar-refractivity contribution in [2.24, 2.45) is 4.99 Å². The molecule has 0 saturated carbocycles. The lowest BCUT2D eigenvalue weighted by molar-refractivity contribution is -0.0556. The van der Waals surface area contributed by atoms with E-state index in [0.29, 0.717) is 24.5 Å². The van der Waals surface area contributed by atoms with Crippen LogP contribution in [0, 0.1) is 0 Å². The molecular formula is C14H23N4O5P. The van der Waals surface area contributed by atoms with Crippen LogP contribution in [0.3, 0.4) is 0 Å². The monoisotopic (exact) mass is 358 g/mol. The number of nitrogens with zero attached hydrogens (tertiary/aromatic N) is 3. The van der Waals surface area contributed by atoms with E-state index >= 15 is 0 Å². The minimum atomic E-state index is -2.26. The lowest BCUT2D eigenvalue weighted by Crippen LogP contribution is -2.26. The number of β-amino-alcohol motifs (C(OH)–C–C–N with tert-alkyl or cyclic N) is 1. The number of rotatable bonds is 5. The Balaban J connectivity index is 1.68. The molecule has 0 amide bonds. The minimum absolute atomic E-state index is 0.160. The summed E-state index contributed by atoms with van der Waals surface area (Å²) < 4.78 is 24.6. The average Bonchev–Trinajstić information content (AvgIpc) is 3.01. The number of fused-ring (bicyclic) bond motifs is 1. The van der Waals surface area contributed by atoms with E-state index in [1.54, 1.807) is 24.2 Å². The van der Waals surface area contributed by atoms with Gasteiger partial charge in [-0.25, -0.2) is 9.98 Å². The summed E-state index contributed by atoms with van der Waals surface area (Å²) in [7, 11) is -2.26. The number of aromatic nitrogens is 2. The predicted octanol–water partition coefficient (Wildman–Crippen LogP) is 0.425. The number of nitrogens with one attached hydrogen (secondary N) is 1. The van der Waals surface area contributed by atoms with Gasteiger partial charge in [-0.15, -0.1) is 0 Å². The Morgan fingerprint density at radius 3 is 3.04 bits per heavy atom. The molecule has 0 bridgehead atoms. The maximum Gasteiger partial charge on any atom is 0.162 e. The Morgan fingerprint density at radius 2 is 2.29 bits per heavy atom. The van der Waals surface area contributed by atoms with Crippen LogP contribution in [0.15, 0.2) is 11.3 Å². The highest BCUT2D eigenvalue weighted by Crippen LogP contribution is 2.37. The molecule has 9 nitrogen and oxygen atoms in total. The van der Waals surface area contributed by atoms with Gasteiger partial charge in [0.2, 0.25) is 0 Å². The highest BCUT2D eigenvalue weighted by molar-refractivity contribution is 7.62. The molecule has 3 rings (SSSR count). The molecule has 0 aromatic carbocycles. The summed E-state index contributed by atoms with van der Waals surface area (Å²) in [5.74, 6) is 0.512. The van der Waals surface area contributed by atoms with E-state index in [4.69, 9.17) is 9.47 Å². The second-order valence-electron chi connectivity index (χ2n) is 6.55. The van der Waals surface area contributed by atoms with Crippen molar-refractivity contribution in [1.82, 2.24) is 14.9 Å². The summed E-state index contributed by atoms with van der Waals surface area (Å²) in [5, 5.41) is 23.1. The first-order valence-corrected chi connectivity index (χ1v) is 10.6. The van der Waals surface area contributed by atoms with Crippen LogP contribution < -0.4 is 5.32 Å². The Morgan fingerprint density at radius 1 is 1.50 bits per heavy atom. The fraction of sp³-hybridized carbons (Fsp3) is 0.714. The van der Waals surface area contributed by atoms with E-state index in [1.807, 2.05) is 0 Å². The van der Waals surface area contributed by atoms with Gasteiger partial charge in [0.15, 0.2) is 5.82 Å². The molecule has 1 fully saturated rings. The number of aliphatic imine (C=N–C) groups is 1. The van der Waals surface area contributed by atoms with E-state index < -0.39 is 31.7 Å². The van der Waals surface area contributed by atoms with Crippen LogP contribution in [0.2, 0.25) is 0 Å². The molecular weight excluding hydrogens is 335 g/mol. The Labute approximate surface area is 140 Å². The van der Waals surface area contributed by atoms with Crippen LogP contribution in [0.4, 0.5) is 5.82 Å². The van der Waals surface area contributed by atoms with Crippen LogP contribution in [0.5, 0.6) is 0 Å². The second kappa shape index (κ2) is 6.93. The molecule has 1 aromatic rings. The van der Waals surface area contributed by atoms with Gasteiger partial charge in [-0.3, -0.25) is 4.57 Å². The van der Waals surface area contributed by atoms with Crippen LogP contribution in [0.1, 0.15) is 24.4 Å². The van der Waals surface area contributed by atoms with Crippen molar-refractivity contribution in [2.75, 3.05) is 32.8 Å². The molecule has 10 heteroatoms. The van der Waals surface area contributed by atoms with Crippen molar-refractivity contribution in [3.63, 3.8) is 0 Å². The van der Waals surface area contributed by atoms with Crippen molar-refractivity contribution < 1.29 is 24.3 Å². The van der Waals surface area contributed by atoms with E-state index in [9.17, 15) is 14.8 Å². The van der Waals surface area contributed by atoms with E-state index in [0.717, 1.165) is 0 Å². The van der Waals surface area contributed by atoms with Gasteiger partial charge >= 0.3 is 0 Å². The third-order valence-electron chi connectivity index (χ3n) is 3.90. The minimum Gasteiger partial charge on any atom is -0.390 e. The first-order chi connectivity index (χ1) is 11.3. The van der Waals surface area contributed by atoms with Gasteiger partial charge < -0.3 is 29.6 Å². The maximum atomic E-state index is 11.7. The number of imidazole rings is 1. The van der Waals surface area contributed by atoms with Crippen molar-refractivity contribution >= 4 is 19.3 Å². The van der Waals surface area contributed by atoms with Gasteiger partial charge in [-0.05, 0) is 13.3 Å². The Kier molecular flexibility index (Phi) is 5.08. The first-order valence-electron chi connectivity index (χ1n) is 7.81. The summed E-state index contributed by atoms with van der Waals surface area (Å²) >= 11 is 0.